The molecule has 12 nitrogen and oxygen atoms in total. The topological polar surface area (TPSA) is 203 Å². The number of nitrogens with one attached hydrogen (secondary N) is 1. The van der Waals surface area contributed by atoms with Gasteiger partial charge in [0.05, 0.1) is 16.7 Å². The van der Waals surface area contributed by atoms with Gasteiger partial charge in [0.2, 0.25) is 5.89 Å². The van der Waals surface area contributed by atoms with Gasteiger partial charge in [-0.25, -0.2) is 23.0 Å². The Hall–Kier alpha value is -4.52. The Bertz CT molecular complexity index is 1580. The Kier molecular flexibility index (Phi) is 13.4. The number of aromatic nitrogens is 2. The van der Waals surface area contributed by atoms with E-state index >= 15 is 0 Å². The van der Waals surface area contributed by atoms with Crippen molar-refractivity contribution in [1.82, 2.24) is 15.3 Å². The molecule has 1 amide bonds. The molecule has 3 aromatic rings. The van der Waals surface area contributed by atoms with E-state index in [1.807, 2.05) is 12.1 Å². The van der Waals surface area contributed by atoms with Crippen LogP contribution in [0, 0.1) is 6.92 Å². The second-order valence-corrected chi connectivity index (χ2v) is 12.4. The molecule has 258 valence electrons. The minimum absolute atomic E-state index is 0.0947. The van der Waals surface area contributed by atoms with E-state index in [-0.39, 0.29) is 23.0 Å². The molecular weight excluding hydrogens is 666 g/mol. The minimum Gasteiger partial charge on any atom is -0.475 e. The molecule has 1 fully saturated rings. The number of carboxylic acids is 2. The number of aliphatic carboxylic acids is 2. The van der Waals surface area contributed by atoms with Gasteiger partial charge in [0.15, 0.2) is 9.84 Å². The standard InChI is InChI=1S/C24H28N4O4S.2C2HF3O2/c1-16-22(15-33(30,31)21-10-8-20(25)9-11-21)28-24(32-16)19-6-4-18(5-7-19)23(29)27-14-17-3-2-12-26-13-17;2*3-2(4,5)1(6)7/h2-7,12-13,20-21H,8-11,14-15,25H2,1H3,(H,27,29);2*(H,6,7)/t20-,21-;;. The first kappa shape index (κ1) is 38.7. The first-order valence-corrected chi connectivity index (χ1v) is 15.2. The third-order valence-corrected chi connectivity index (χ3v) is 8.68. The molecule has 0 aliphatic heterocycles. The van der Waals surface area contributed by atoms with E-state index < -0.39 is 34.1 Å². The van der Waals surface area contributed by atoms with E-state index in [9.17, 15) is 39.6 Å². The summed E-state index contributed by atoms with van der Waals surface area (Å²) in [4.78, 5) is 38.7. The lowest BCUT2D eigenvalue weighted by Gasteiger charge is -2.25. The number of nitrogens with zero attached hydrogens (tertiary/aromatic N) is 2. The highest BCUT2D eigenvalue weighted by molar-refractivity contribution is 7.91. The SMILES string of the molecule is Cc1oc(-c2ccc(C(=O)NCc3cccnc3)cc2)nc1CS(=O)(=O)[C@H]1CC[C@H](N)CC1.O=C(O)C(F)(F)F.O=C(O)C(F)(F)F. The maximum Gasteiger partial charge on any atom is 0.490 e. The number of amides is 1. The number of hydrogen-bond acceptors (Lipinski definition) is 9. The van der Waals surface area contributed by atoms with Crippen LogP contribution in [0.4, 0.5) is 26.3 Å². The molecule has 0 saturated heterocycles. The van der Waals surface area contributed by atoms with E-state index in [1.54, 1.807) is 43.6 Å². The zero-order chi connectivity index (χ0) is 35.6. The van der Waals surface area contributed by atoms with Gasteiger partial charge in [0, 0.05) is 36.1 Å². The Morgan fingerprint density at radius 2 is 1.49 bits per heavy atom. The van der Waals surface area contributed by atoms with Crippen LogP contribution in [0.2, 0.25) is 0 Å². The summed E-state index contributed by atoms with van der Waals surface area (Å²) in [5.74, 6) is -5.03. The second kappa shape index (κ2) is 16.3. The maximum absolute atomic E-state index is 12.9. The molecule has 4 rings (SSSR count). The van der Waals surface area contributed by atoms with Gasteiger partial charge < -0.3 is 25.7 Å². The van der Waals surface area contributed by atoms with Gasteiger partial charge >= 0.3 is 24.3 Å². The number of pyridine rings is 1. The van der Waals surface area contributed by atoms with Crippen LogP contribution in [0.1, 0.15) is 53.1 Å². The number of oxazole rings is 1. The zero-order valence-corrected chi connectivity index (χ0v) is 25.3. The van der Waals surface area contributed by atoms with Crippen molar-refractivity contribution in [3.63, 3.8) is 0 Å². The van der Waals surface area contributed by atoms with Crippen molar-refractivity contribution in [1.29, 1.82) is 0 Å². The summed E-state index contributed by atoms with van der Waals surface area (Å²) in [7, 11) is -3.33. The molecular formula is C28H30F6N4O8S. The van der Waals surface area contributed by atoms with Gasteiger partial charge in [-0.3, -0.25) is 9.78 Å². The summed E-state index contributed by atoms with van der Waals surface area (Å²) < 4.78 is 95.0. The first-order valence-electron chi connectivity index (χ1n) is 13.5. The molecule has 0 spiro atoms. The predicted molar refractivity (Wildman–Crippen MR) is 152 cm³/mol. The normalized spacial score (nSPS) is 16.5. The number of benzene rings is 1. The van der Waals surface area contributed by atoms with Crippen LogP contribution in [0.15, 0.2) is 53.2 Å². The monoisotopic (exact) mass is 696 g/mol. The summed E-state index contributed by atoms with van der Waals surface area (Å²) in [5, 5.41) is 16.7. The van der Waals surface area contributed by atoms with Crippen molar-refractivity contribution in [3.8, 4) is 11.5 Å². The molecule has 0 bridgehead atoms. The van der Waals surface area contributed by atoms with Crippen LogP contribution in [0.3, 0.4) is 0 Å². The Morgan fingerprint density at radius 3 is 1.96 bits per heavy atom. The van der Waals surface area contributed by atoms with Crippen LogP contribution in [0.5, 0.6) is 0 Å². The maximum atomic E-state index is 12.9. The lowest BCUT2D eigenvalue weighted by Crippen LogP contribution is -2.33. The number of carbonyl (C=O) groups is 3. The fourth-order valence-electron chi connectivity index (χ4n) is 3.99. The van der Waals surface area contributed by atoms with E-state index in [0.29, 0.717) is 47.9 Å². The molecule has 1 aliphatic carbocycles. The lowest BCUT2D eigenvalue weighted by molar-refractivity contribution is -0.193. The van der Waals surface area contributed by atoms with Crippen molar-refractivity contribution in [2.24, 2.45) is 5.73 Å². The van der Waals surface area contributed by atoms with Crippen molar-refractivity contribution in [2.45, 2.75) is 68.5 Å². The van der Waals surface area contributed by atoms with E-state index in [2.05, 4.69) is 15.3 Å². The number of nitrogens with two attached hydrogens (primary N) is 1. The third kappa shape index (κ3) is 12.7. The molecule has 0 unspecified atom stereocenters. The summed E-state index contributed by atoms with van der Waals surface area (Å²) in [6.45, 7) is 2.11. The number of carboxylic acid groups (broad SMARTS) is 2. The van der Waals surface area contributed by atoms with Crippen molar-refractivity contribution >= 4 is 27.7 Å². The van der Waals surface area contributed by atoms with E-state index in [0.717, 1.165) is 18.4 Å². The zero-order valence-electron chi connectivity index (χ0n) is 24.5. The first-order chi connectivity index (χ1) is 21.7. The lowest BCUT2D eigenvalue weighted by atomic mass is 9.96. The fraction of sp³-hybridized carbons (Fsp3) is 0.393. The molecule has 2 aromatic heterocycles. The number of halogens is 6. The largest absolute Gasteiger partial charge is 0.490 e. The Morgan fingerprint density at radius 1 is 0.957 bits per heavy atom. The third-order valence-electron chi connectivity index (χ3n) is 6.51. The van der Waals surface area contributed by atoms with Crippen LogP contribution < -0.4 is 11.1 Å². The van der Waals surface area contributed by atoms with Crippen molar-refractivity contribution in [3.05, 3.63) is 71.4 Å². The second-order valence-electron chi connectivity index (χ2n) is 10.1. The van der Waals surface area contributed by atoms with E-state index in [4.69, 9.17) is 30.0 Å². The molecule has 1 saturated carbocycles. The molecule has 0 atom stereocenters. The van der Waals surface area contributed by atoms with Crippen LogP contribution >= 0.6 is 0 Å². The van der Waals surface area contributed by atoms with Gasteiger partial charge in [0.25, 0.3) is 5.91 Å². The van der Waals surface area contributed by atoms with Crippen molar-refractivity contribution in [2.75, 3.05) is 0 Å². The van der Waals surface area contributed by atoms with Gasteiger partial charge in [-0.2, -0.15) is 26.3 Å². The van der Waals surface area contributed by atoms with Gasteiger partial charge in [-0.1, -0.05) is 6.07 Å². The van der Waals surface area contributed by atoms with Gasteiger partial charge in [-0.15, -0.1) is 0 Å². The quantitative estimate of drug-likeness (QED) is 0.255. The minimum atomic E-state index is -5.08. The van der Waals surface area contributed by atoms with Crippen LogP contribution in [-0.2, 0) is 31.7 Å². The van der Waals surface area contributed by atoms with Crippen molar-refractivity contribution < 1.29 is 63.8 Å². The van der Waals surface area contributed by atoms with Gasteiger partial charge in [0.1, 0.15) is 5.76 Å². The highest BCUT2D eigenvalue weighted by Gasteiger charge is 2.39. The Labute approximate surface area is 263 Å². The smallest absolute Gasteiger partial charge is 0.475 e. The number of sulfone groups is 1. The Balaban J connectivity index is 0.000000459. The number of alkyl halides is 6. The molecule has 5 N–H and O–H groups in total. The van der Waals surface area contributed by atoms with Gasteiger partial charge in [-0.05, 0) is 68.5 Å². The predicted octanol–water partition coefficient (Wildman–Crippen LogP) is 4.43. The molecule has 1 aliphatic rings. The summed E-state index contributed by atoms with van der Waals surface area (Å²) in [6.07, 6.45) is -4.13. The number of aryl methyl sites for hydroxylation is 1. The summed E-state index contributed by atoms with van der Waals surface area (Å²) in [6, 6.07) is 10.7. The number of rotatable bonds is 7. The summed E-state index contributed by atoms with van der Waals surface area (Å²) in [5.41, 5.74) is 8.43. The summed E-state index contributed by atoms with van der Waals surface area (Å²) >= 11 is 0. The number of hydrogen-bond donors (Lipinski definition) is 4. The fourth-order valence-corrected chi connectivity index (χ4v) is 5.87. The molecule has 1 aromatic carbocycles. The molecule has 19 heteroatoms. The number of carbonyl (C=O) groups excluding carboxylic acids is 1. The van der Waals surface area contributed by atoms with Crippen LogP contribution in [-0.4, -0.2) is 70.1 Å². The highest BCUT2D eigenvalue weighted by Crippen LogP contribution is 2.28. The molecule has 2 heterocycles. The van der Waals surface area contributed by atoms with Crippen LogP contribution in [0.25, 0.3) is 11.5 Å². The molecule has 0 radical (unpaired) electrons. The highest BCUT2D eigenvalue weighted by atomic mass is 32.2. The van der Waals surface area contributed by atoms with E-state index in [1.165, 1.54) is 0 Å². The average molecular weight is 697 g/mol. The average Bonchev–Trinajstić information content (AvgIpc) is 3.35. The molecule has 47 heavy (non-hydrogen) atoms.